The summed E-state index contributed by atoms with van der Waals surface area (Å²) >= 11 is 9.54. The van der Waals surface area contributed by atoms with Gasteiger partial charge in [0.25, 0.3) is 0 Å². The number of rotatable bonds is 12. The van der Waals surface area contributed by atoms with Gasteiger partial charge in [0.15, 0.2) is 5.78 Å². The Morgan fingerprint density at radius 2 is 1.06 bits per heavy atom. The standard InChI is InChI=1S/C20H22O4.C16H14O4.I3.I2/c1-4-5-13-23-15(2)19-14-17(11-12-18(19)20(21)22-3)24-16-9-7-6-8-10-16;1-11(17)15-10-13(8-9-14(15)16(18)19-2)20-12-6-4-3-5-7-12;1-3-2;1-2/h6-12,14H,2,4-5,13H2,1,3H3;3-10H,1-2H3;;/q;;-1;. The van der Waals surface area contributed by atoms with E-state index in [1.807, 2.05) is 60.7 Å². The van der Waals surface area contributed by atoms with Gasteiger partial charge < -0.3 is 23.7 Å². The van der Waals surface area contributed by atoms with E-state index in [4.69, 9.17) is 18.9 Å². The summed E-state index contributed by atoms with van der Waals surface area (Å²) in [4.78, 5) is 35.2. The molecular weight excluding hydrogens is 1190 g/mol. The van der Waals surface area contributed by atoms with Crippen molar-refractivity contribution in [1.29, 1.82) is 0 Å². The van der Waals surface area contributed by atoms with Gasteiger partial charge >= 0.3 is 62.4 Å². The average Bonchev–Trinajstić information content (AvgIpc) is 3.13. The van der Waals surface area contributed by atoms with Crippen LogP contribution >= 0.6 is 74.5 Å². The van der Waals surface area contributed by atoms with E-state index in [1.54, 1.807) is 30.3 Å². The van der Waals surface area contributed by atoms with Crippen molar-refractivity contribution < 1.29 is 51.3 Å². The van der Waals surface area contributed by atoms with Crippen LogP contribution in [0.5, 0.6) is 23.0 Å². The number of para-hydroxylation sites is 2. The molecule has 0 aromatic heterocycles. The molecule has 0 bridgehead atoms. The summed E-state index contributed by atoms with van der Waals surface area (Å²) in [6.45, 7) is 7.97. The van der Waals surface area contributed by atoms with E-state index in [2.05, 4.69) is 92.7 Å². The summed E-state index contributed by atoms with van der Waals surface area (Å²) in [5, 5.41) is 0. The second-order valence-corrected chi connectivity index (χ2v) is 25.7. The SMILES string of the molecule is C=C(OCCCC)c1cc(Oc2ccccc2)ccc1C(=O)OC.COC(=O)c1ccc(Oc2ccccc2)cc1C(C)=O.II.I[I-]I. The molecule has 0 aliphatic carbocycles. The minimum atomic E-state index is -0.540. The Hall–Kier alpha value is -1.72. The number of ether oxygens (including phenoxy) is 5. The number of hydrogen-bond donors (Lipinski definition) is 0. The van der Waals surface area contributed by atoms with Crippen LogP contribution in [0.4, 0.5) is 0 Å². The van der Waals surface area contributed by atoms with Crippen LogP contribution in [0.15, 0.2) is 104 Å². The van der Waals surface area contributed by atoms with Crippen molar-refractivity contribution in [3.63, 3.8) is 0 Å². The van der Waals surface area contributed by atoms with Gasteiger partial charge in [0.1, 0.15) is 28.8 Å². The number of carbonyl (C=O) groups excluding carboxylic acids is 3. The van der Waals surface area contributed by atoms with Gasteiger partial charge in [0.2, 0.25) is 0 Å². The quantitative estimate of drug-likeness (QED) is 0.0456. The van der Waals surface area contributed by atoms with E-state index >= 15 is 0 Å². The summed E-state index contributed by atoms with van der Waals surface area (Å²) in [6, 6.07) is 28.5. The Labute approximate surface area is 341 Å². The van der Waals surface area contributed by atoms with Gasteiger partial charge in [-0.15, -0.1) is 0 Å². The third-order valence-corrected chi connectivity index (χ3v) is 6.20. The monoisotopic (exact) mass is 1230 g/mol. The van der Waals surface area contributed by atoms with Gasteiger partial charge in [-0.25, -0.2) is 9.59 Å². The third kappa shape index (κ3) is 16.9. The van der Waals surface area contributed by atoms with E-state index in [0.717, 1.165) is 12.8 Å². The van der Waals surface area contributed by atoms with Crippen molar-refractivity contribution in [3.05, 3.63) is 126 Å². The van der Waals surface area contributed by atoms with E-state index < -0.39 is 11.9 Å². The minimum absolute atomic E-state index is 0.219. The second kappa shape index (κ2) is 27.0. The molecule has 0 aliphatic rings. The Balaban J connectivity index is 0.000000438. The van der Waals surface area contributed by atoms with Crippen molar-refractivity contribution in [1.82, 2.24) is 0 Å². The first kappa shape index (κ1) is 45.3. The van der Waals surface area contributed by atoms with Gasteiger partial charge in [0, 0.05) is 48.4 Å². The number of esters is 2. The van der Waals surface area contributed by atoms with Gasteiger partial charge in [0.05, 0.1) is 32.0 Å². The molecule has 49 heavy (non-hydrogen) atoms. The van der Waals surface area contributed by atoms with Crippen LogP contribution in [-0.2, 0) is 14.2 Å². The van der Waals surface area contributed by atoms with Gasteiger partial charge in [-0.3, -0.25) is 4.79 Å². The van der Waals surface area contributed by atoms with Crippen LogP contribution in [-0.4, -0.2) is 38.5 Å². The first-order valence-corrected chi connectivity index (χ1v) is 33.3. The van der Waals surface area contributed by atoms with Gasteiger partial charge in [-0.2, -0.15) is 0 Å². The van der Waals surface area contributed by atoms with Crippen molar-refractivity contribution in [2.24, 2.45) is 0 Å². The summed E-state index contributed by atoms with van der Waals surface area (Å²) in [5.74, 6) is 1.71. The van der Waals surface area contributed by atoms with E-state index in [1.165, 1.54) is 27.2 Å². The molecule has 264 valence electrons. The average molecular weight is 1230 g/mol. The number of hydrogen-bond acceptors (Lipinski definition) is 8. The van der Waals surface area contributed by atoms with E-state index in [9.17, 15) is 14.4 Å². The fraction of sp³-hybridized carbons (Fsp3) is 0.194. The van der Waals surface area contributed by atoms with Gasteiger partial charge in [-0.1, -0.05) is 56.3 Å². The zero-order valence-corrected chi connectivity index (χ0v) is 38.0. The van der Waals surface area contributed by atoms with Gasteiger partial charge in [-0.05, 0) is 74.0 Å². The predicted molar refractivity (Wildman–Crippen MR) is 225 cm³/mol. The summed E-state index contributed by atoms with van der Waals surface area (Å²) < 4.78 is 26.6. The predicted octanol–water partition coefficient (Wildman–Crippen LogP) is 9.07. The number of Topliss-reactive ketones (excluding diaryl/α,β-unsaturated/α-hetero) is 1. The maximum absolute atomic E-state index is 12.0. The number of methoxy groups -OCH3 is 2. The Morgan fingerprint density at radius 1 is 0.653 bits per heavy atom. The molecule has 0 spiro atoms. The van der Waals surface area contributed by atoms with Crippen molar-refractivity contribution in [2.75, 3.05) is 20.8 Å². The molecule has 0 heterocycles. The van der Waals surface area contributed by atoms with Crippen LogP contribution in [0.3, 0.4) is 0 Å². The molecule has 0 radical (unpaired) electrons. The normalized spacial score (nSPS) is 9.55. The Morgan fingerprint density at radius 3 is 1.45 bits per heavy atom. The molecule has 0 unspecified atom stereocenters. The summed E-state index contributed by atoms with van der Waals surface area (Å²) in [7, 11) is 2.63. The fourth-order valence-electron chi connectivity index (χ4n) is 3.94. The summed E-state index contributed by atoms with van der Waals surface area (Å²) in [5.41, 5.74) is 1.50. The molecule has 13 heteroatoms. The van der Waals surface area contributed by atoms with Crippen molar-refractivity contribution in [2.45, 2.75) is 26.7 Å². The Bertz CT molecular complexity index is 1600. The van der Waals surface area contributed by atoms with Crippen LogP contribution in [0.1, 0.15) is 63.3 Å². The van der Waals surface area contributed by atoms with E-state index in [-0.39, 0.29) is 16.9 Å². The molecule has 0 N–H and O–H groups in total. The van der Waals surface area contributed by atoms with Crippen LogP contribution in [0.2, 0.25) is 0 Å². The zero-order valence-electron chi connectivity index (χ0n) is 27.2. The van der Waals surface area contributed by atoms with Crippen LogP contribution < -0.4 is 22.7 Å². The molecule has 0 amide bonds. The number of halogens is 5. The number of ketones is 1. The molecule has 4 rings (SSSR count). The van der Waals surface area contributed by atoms with Crippen molar-refractivity contribution in [3.8, 4) is 23.0 Å². The van der Waals surface area contributed by atoms with Crippen LogP contribution in [0, 0.1) is 0 Å². The molecule has 0 saturated carbocycles. The molecule has 0 saturated heterocycles. The van der Waals surface area contributed by atoms with E-state index in [0.29, 0.717) is 59.7 Å². The number of unbranched alkanes of at least 4 members (excludes halogenated alkanes) is 1. The maximum atomic E-state index is 12.0. The zero-order chi connectivity index (χ0) is 36.6. The fourth-order valence-corrected chi connectivity index (χ4v) is 3.94. The molecule has 0 aliphatic heterocycles. The number of benzene rings is 4. The molecule has 8 nitrogen and oxygen atoms in total. The first-order valence-electron chi connectivity index (χ1n) is 14.4. The molecular formula is C36H36I5O8-. The third-order valence-electron chi connectivity index (χ3n) is 6.20. The topological polar surface area (TPSA) is 97.4 Å². The summed E-state index contributed by atoms with van der Waals surface area (Å²) in [6.07, 6.45) is 1.95. The second-order valence-electron chi connectivity index (χ2n) is 9.46. The van der Waals surface area contributed by atoms with Crippen LogP contribution in [0.25, 0.3) is 5.76 Å². The number of carbonyl (C=O) groups is 3. The molecule has 4 aromatic carbocycles. The molecule has 0 atom stereocenters. The first-order chi connectivity index (χ1) is 23.7. The Kier molecular flexibility index (Phi) is 25.0. The van der Waals surface area contributed by atoms with Crippen molar-refractivity contribution >= 4 is 97.9 Å². The molecule has 0 fully saturated rings. The molecule has 4 aromatic rings.